The average Bonchev–Trinajstić information content (AvgIpc) is 2.34. The SMILES string of the molecule is COCCOCCOc1c(C)cc(Br)cc1S(=O)(=O)Cl. The van der Waals surface area contributed by atoms with Crippen molar-refractivity contribution in [1.29, 1.82) is 0 Å². The summed E-state index contributed by atoms with van der Waals surface area (Å²) in [4.78, 5) is -0.0528. The number of halogens is 2. The smallest absolute Gasteiger partial charge is 0.265 e. The molecule has 0 bridgehead atoms. The molecule has 20 heavy (non-hydrogen) atoms. The first-order chi connectivity index (χ1) is 9.36. The molecule has 0 radical (unpaired) electrons. The summed E-state index contributed by atoms with van der Waals surface area (Å²) in [5, 5.41) is 0. The van der Waals surface area contributed by atoms with Crippen molar-refractivity contribution in [1.82, 2.24) is 0 Å². The Kier molecular flexibility index (Phi) is 7.25. The van der Waals surface area contributed by atoms with E-state index in [1.54, 1.807) is 20.1 Å². The maximum Gasteiger partial charge on any atom is 0.265 e. The minimum absolute atomic E-state index is 0.0528. The fourth-order valence-corrected chi connectivity index (χ4v) is 3.29. The third kappa shape index (κ3) is 5.57. The zero-order valence-electron chi connectivity index (χ0n) is 11.2. The number of ether oxygens (including phenoxy) is 3. The number of hydrogen-bond acceptors (Lipinski definition) is 5. The van der Waals surface area contributed by atoms with Crippen LogP contribution in [0.2, 0.25) is 0 Å². The zero-order valence-corrected chi connectivity index (χ0v) is 14.3. The van der Waals surface area contributed by atoms with Gasteiger partial charge in [-0.3, -0.25) is 0 Å². The van der Waals surface area contributed by atoms with Gasteiger partial charge >= 0.3 is 0 Å². The van der Waals surface area contributed by atoms with Crippen LogP contribution >= 0.6 is 26.6 Å². The zero-order chi connectivity index (χ0) is 15.2. The standard InChI is InChI=1S/C12H16BrClO5S/c1-9-7-10(13)8-11(20(14,15)16)12(9)19-6-5-18-4-3-17-2/h7-8H,3-6H2,1-2H3. The van der Waals surface area contributed by atoms with Crippen molar-refractivity contribution < 1.29 is 22.6 Å². The summed E-state index contributed by atoms with van der Waals surface area (Å²) in [6.45, 7) is 3.27. The van der Waals surface area contributed by atoms with E-state index in [1.165, 1.54) is 6.07 Å². The van der Waals surface area contributed by atoms with Crippen LogP contribution in [0.15, 0.2) is 21.5 Å². The molecule has 114 valence electrons. The van der Waals surface area contributed by atoms with Crippen LogP contribution in [0.4, 0.5) is 0 Å². The van der Waals surface area contributed by atoms with Crippen molar-refractivity contribution in [3.8, 4) is 5.75 Å². The van der Waals surface area contributed by atoms with Gasteiger partial charge in [-0.05, 0) is 24.6 Å². The fraction of sp³-hybridized carbons (Fsp3) is 0.500. The van der Waals surface area contributed by atoms with Gasteiger partial charge in [-0.25, -0.2) is 8.42 Å². The second-order valence-electron chi connectivity index (χ2n) is 3.94. The predicted molar refractivity (Wildman–Crippen MR) is 80.1 cm³/mol. The number of benzene rings is 1. The highest BCUT2D eigenvalue weighted by atomic mass is 79.9. The molecule has 1 aromatic carbocycles. The van der Waals surface area contributed by atoms with Gasteiger partial charge in [0.1, 0.15) is 17.3 Å². The second kappa shape index (κ2) is 8.19. The van der Waals surface area contributed by atoms with Gasteiger partial charge in [0.25, 0.3) is 9.05 Å². The van der Waals surface area contributed by atoms with E-state index in [1.807, 2.05) is 0 Å². The van der Waals surface area contributed by atoms with E-state index in [4.69, 9.17) is 24.9 Å². The van der Waals surface area contributed by atoms with E-state index in [0.717, 1.165) is 0 Å². The number of hydrogen-bond donors (Lipinski definition) is 0. The van der Waals surface area contributed by atoms with E-state index < -0.39 is 9.05 Å². The van der Waals surface area contributed by atoms with E-state index in [2.05, 4.69) is 15.9 Å². The van der Waals surface area contributed by atoms with Crippen molar-refractivity contribution in [2.75, 3.05) is 33.5 Å². The van der Waals surface area contributed by atoms with E-state index >= 15 is 0 Å². The average molecular weight is 388 g/mol. The molecular formula is C12H16BrClO5S. The summed E-state index contributed by atoms with van der Waals surface area (Å²) in [6, 6.07) is 3.17. The molecule has 0 aliphatic heterocycles. The maximum absolute atomic E-state index is 11.5. The Labute approximate surface area is 131 Å². The van der Waals surface area contributed by atoms with Gasteiger partial charge < -0.3 is 14.2 Å². The van der Waals surface area contributed by atoms with Gasteiger partial charge in [-0.1, -0.05) is 15.9 Å². The Morgan fingerprint density at radius 3 is 2.45 bits per heavy atom. The third-order valence-electron chi connectivity index (χ3n) is 2.37. The topological polar surface area (TPSA) is 61.8 Å². The number of methoxy groups -OCH3 is 1. The van der Waals surface area contributed by atoms with Crippen LogP contribution in [0.25, 0.3) is 0 Å². The molecule has 8 heteroatoms. The van der Waals surface area contributed by atoms with Crippen LogP contribution in [-0.4, -0.2) is 42.0 Å². The lowest BCUT2D eigenvalue weighted by molar-refractivity contribution is 0.0538. The van der Waals surface area contributed by atoms with E-state index in [-0.39, 0.29) is 17.3 Å². The van der Waals surface area contributed by atoms with Gasteiger partial charge in [0.05, 0.1) is 19.8 Å². The van der Waals surface area contributed by atoms with Crippen LogP contribution in [-0.2, 0) is 18.5 Å². The Morgan fingerprint density at radius 1 is 1.20 bits per heavy atom. The Hall–Kier alpha value is -0.340. The molecule has 0 spiro atoms. The summed E-state index contributed by atoms with van der Waals surface area (Å²) >= 11 is 3.23. The molecule has 5 nitrogen and oxygen atoms in total. The Bertz CT molecular complexity index is 547. The summed E-state index contributed by atoms with van der Waals surface area (Å²) < 4.78 is 39.3. The van der Waals surface area contributed by atoms with Gasteiger partial charge in [0.15, 0.2) is 0 Å². The van der Waals surface area contributed by atoms with Crippen molar-refractivity contribution in [3.05, 3.63) is 22.2 Å². The summed E-state index contributed by atoms with van der Waals surface area (Å²) in [5.41, 5.74) is 0.676. The summed E-state index contributed by atoms with van der Waals surface area (Å²) in [7, 11) is 3.13. The van der Waals surface area contributed by atoms with Crippen LogP contribution in [0, 0.1) is 6.92 Å². The molecule has 0 fully saturated rings. The quantitative estimate of drug-likeness (QED) is 0.507. The minimum Gasteiger partial charge on any atom is -0.489 e. The van der Waals surface area contributed by atoms with Crippen LogP contribution < -0.4 is 4.74 Å². The molecule has 0 atom stereocenters. The third-order valence-corrected chi connectivity index (χ3v) is 4.16. The molecule has 0 aliphatic carbocycles. The van der Waals surface area contributed by atoms with Crippen LogP contribution in [0.1, 0.15) is 5.56 Å². The molecular weight excluding hydrogens is 372 g/mol. The van der Waals surface area contributed by atoms with Gasteiger partial charge in [-0.2, -0.15) is 0 Å². The molecule has 1 rings (SSSR count). The van der Waals surface area contributed by atoms with Crippen molar-refractivity contribution in [2.45, 2.75) is 11.8 Å². The fourth-order valence-electron chi connectivity index (χ4n) is 1.51. The minimum atomic E-state index is -3.87. The lowest BCUT2D eigenvalue weighted by Gasteiger charge is -2.13. The molecule has 0 saturated heterocycles. The van der Waals surface area contributed by atoms with Crippen LogP contribution in [0.3, 0.4) is 0 Å². The highest BCUT2D eigenvalue weighted by Gasteiger charge is 2.20. The highest BCUT2D eigenvalue weighted by Crippen LogP contribution is 2.33. The van der Waals surface area contributed by atoms with Crippen molar-refractivity contribution in [3.63, 3.8) is 0 Å². The van der Waals surface area contributed by atoms with Crippen LogP contribution in [0.5, 0.6) is 5.75 Å². The second-order valence-corrected chi connectivity index (χ2v) is 7.39. The molecule has 0 heterocycles. The van der Waals surface area contributed by atoms with E-state index in [0.29, 0.717) is 29.9 Å². The first kappa shape index (κ1) is 17.7. The predicted octanol–water partition coefficient (Wildman–Crippen LogP) is 2.73. The molecule has 0 unspecified atom stereocenters. The molecule has 0 aliphatic rings. The largest absolute Gasteiger partial charge is 0.489 e. The summed E-state index contributed by atoms with van der Waals surface area (Å²) in [5.74, 6) is 0.249. The Morgan fingerprint density at radius 2 is 1.85 bits per heavy atom. The maximum atomic E-state index is 11.5. The highest BCUT2D eigenvalue weighted by molar-refractivity contribution is 9.10. The van der Waals surface area contributed by atoms with Crippen molar-refractivity contribution in [2.24, 2.45) is 0 Å². The molecule has 1 aromatic rings. The van der Waals surface area contributed by atoms with Gasteiger partial charge in [0, 0.05) is 22.3 Å². The Balaban J connectivity index is 2.74. The molecule has 0 N–H and O–H groups in total. The van der Waals surface area contributed by atoms with E-state index in [9.17, 15) is 8.42 Å². The van der Waals surface area contributed by atoms with Gasteiger partial charge in [-0.15, -0.1) is 0 Å². The summed E-state index contributed by atoms with van der Waals surface area (Å²) in [6.07, 6.45) is 0. The number of rotatable bonds is 8. The lowest BCUT2D eigenvalue weighted by Crippen LogP contribution is -2.11. The normalized spacial score (nSPS) is 11.6. The first-order valence-electron chi connectivity index (χ1n) is 5.80. The monoisotopic (exact) mass is 386 g/mol. The van der Waals surface area contributed by atoms with Crippen molar-refractivity contribution >= 4 is 35.7 Å². The number of aryl methyl sites for hydroxylation is 1. The molecule has 0 amide bonds. The first-order valence-corrected chi connectivity index (χ1v) is 8.90. The lowest BCUT2D eigenvalue weighted by atomic mass is 10.2. The molecule has 0 saturated carbocycles. The van der Waals surface area contributed by atoms with Gasteiger partial charge in [0.2, 0.25) is 0 Å². The molecule has 0 aromatic heterocycles.